The van der Waals surface area contributed by atoms with E-state index in [2.05, 4.69) is 0 Å². The summed E-state index contributed by atoms with van der Waals surface area (Å²) in [5.74, 6) is -0.328. The summed E-state index contributed by atoms with van der Waals surface area (Å²) in [6.45, 7) is 4.89. The maximum absolute atomic E-state index is 12.0. The predicted molar refractivity (Wildman–Crippen MR) is 123 cm³/mol. The zero-order valence-electron chi connectivity index (χ0n) is 20.3. The lowest BCUT2D eigenvalue weighted by atomic mass is 9.66. The van der Waals surface area contributed by atoms with Crippen molar-refractivity contribution in [2.75, 3.05) is 27.4 Å². The Kier molecular flexibility index (Phi) is 6.98. The van der Waals surface area contributed by atoms with Crippen LogP contribution in [0.3, 0.4) is 0 Å². The van der Waals surface area contributed by atoms with Crippen molar-refractivity contribution < 1.29 is 42.8 Å². The van der Waals surface area contributed by atoms with E-state index in [0.29, 0.717) is 30.5 Å². The van der Waals surface area contributed by atoms with Crippen LogP contribution in [-0.2, 0) is 23.9 Å². The number of rotatable bonds is 6. The molecule has 0 radical (unpaired) electrons. The second kappa shape index (κ2) is 9.95. The van der Waals surface area contributed by atoms with Gasteiger partial charge in [-0.3, -0.25) is 14.4 Å². The normalized spacial score (nSPS) is 22.4. The third kappa shape index (κ3) is 4.81. The fourth-order valence-electron chi connectivity index (χ4n) is 5.08. The van der Waals surface area contributed by atoms with Gasteiger partial charge in [-0.25, -0.2) is 0 Å². The van der Waals surface area contributed by atoms with E-state index < -0.39 is 24.0 Å². The van der Waals surface area contributed by atoms with Crippen molar-refractivity contribution in [3.63, 3.8) is 0 Å². The van der Waals surface area contributed by atoms with Gasteiger partial charge in [-0.05, 0) is 35.4 Å². The number of hydrogen-bond donors (Lipinski definition) is 0. The maximum Gasteiger partial charge on any atom is 0.308 e. The molecule has 2 aromatic carbocycles. The molecule has 0 bridgehead atoms. The highest BCUT2D eigenvalue weighted by Crippen LogP contribution is 2.55. The minimum atomic E-state index is -0.547. The smallest absolute Gasteiger partial charge is 0.308 e. The summed E-state index contributed by atoms with van der Waals surface area (Å²) in [5, 5.41) is 0. The summed E-state index contributed by atoms with van der Waals surface area (Å²) in [6.07, 6.45) is -0.547. The quantitative estimate of drug-likeness (QED) is 0.449. The number of hydrogen-bond acceptors (Lipinski definition) is 9. The Hall–Kier alpha value is -3.59. The Balaban J connectivity index is 1.91. The Morgan fingerprint density at radius 1 is 0.743 bits per heavy atom. The average molecular weight is 485 g/mol. The molecule has 0 unspecified atom stereocenters. The summed E-state index contributed by atoms with van der Waals surface area (Å²) >= 11 is 0. The molecule has 35 heavy (non-hydrogen) atoms. The first kappa shape index (κ1) is 24.5. The van der Waals surface area contributed by atoms with Crippen LogP contribution in [0.2, 0.25) is 0 Å². The lowest BCUT2D eigenvalue weighted by Crippen LogP contribution is -2.35. The van der Waals surface area contributed by atoms with E-state index in [4.69, 9.17) is 28.4 Å². The van der Waals surface area contributed by atoms with Crippen LogP contribution in [0.5, 0.6) is 23.0 Å². The minimum Gasteiger partial charge on any atom is -0.493 e. The fraction of sp³-hybridized carbons (Fsp3) is 0.423. The number of fused-ring (bicyclic) bond motifs is 2. The molecule has 0 amide bonds. The second-order valence-corrected chi connectivity index (χ2v) is 8.60. The molecule has 1 heterocycles. The van der Waals surface area contributed by atoms with Crippen LogP contribution >= 0.6 is 0 Å². The average Bonchev–Trinajstić information content (AvgIpc) is 3.27. The summed E-state index contributed by atoms with van der Waals surface area (Å²) in [7, 11) is 2.98. The molecule has 2 aromatic rings. The van der Waals surface area contributed by atoms with Crippen molar-refractivity contribution in [2.24, 2.45) is 11.8 Å². The van der Waals surface area contributed by atoms with Crippen molar-refractivity contribution in [2.45, 2.75) is 32.8 Å². The van der Waals surface area contributed by atoms with Gasteiger partial charge in [0.15, 0.2) is 23.0 Å². The van der Waals surface area contributed by atoms with Crippen LogP contribution in [0.15, 0.2) is 30.3 Å². The molecule has 0 N–H and O–H groups in total. The molecular weight excluding hydrogens is 456 g/mol. The van der Waals surface area contributed by atoms with Gasteiger partial charge in [0.25, 0.3) is 0 Å². The van der Waals surface area contributed by atoms with E-state index >= 15 is 0 Å². The molecule has 4 atom stereocenters. The molecule has 1 saturated heterocycles. The Morgan fingerprint density at radius 3 is 1.97 bits per heavy atom. The van der Waals surface area contributed by atoms with E-state index in [-0.39, 0.29) is 23.5 Å². The largest absolute Gasteiger partial charge is 0.493 e. The highest BCUT2D eigenvalue weighted by molar-refractivity contribution is 5.72. The standard InChI is InChI=1S/C26H28O9/c1-13(27)33-21-7-6-16(8-22(21)30-4)25-17-9-24(34-14(2)28)23(31-5)10-18(17)26(35-15(3)29)20-12-32-11-19(20)25/h6-10,19-20,25-26H,11-12H2,1-5H3/t19-,20+,25-,26+/m0/s1. The van der Waals surface area contributed by atoms with Gasteiger partial charge in [-0.15, -0.1) is 0 Å². The number of esters is 3. The van der Waals surface area contributed by atoms with Gasteiger partial charge in [0.05, 0.1) is 27.4 Å². The lowest BCUT2D eigenvalue weighted by Gasteiger charge is -2.40. The van der Waals surface area contributed by atoms with Crippen LogP contribution in [-0.4, -0.2) is 45.3 Å². The van der Waals surface area contributed by atoms with Crippen molar-refractivity contribution in [3.05, 3.63) is 47.0 Å². The zero-order valence-corrected chi connectivity index (χ0v) is 20.3. The first-order valence-electron chi connectivity index (χ1n) is 11.2. The SMILES string of the molecule is COc1cc([C@H]2c3cc(OC(C)=O)c(OC)cc3[C@@H](OC(C)=O)[C@@H]3COC[C@H]23)ccc1OC(C)=O. The number of methoxy groups -OCH3 is 2. The van der Waals surface area contributed by atoms with Crippen LogP contribution < -0.4 is 18.9 Å². The molecule has 4 rings (SSSR count). The first-order chi connectivity index (χ1) is 16.7. The highest BCUT2D eigenvalue weighted by atomic mass is 16.6. The van der Waals surface area contributed by atoms with Gasteiger partial charge in [-0.1, -0.05) is 6.07 Å². The Morgan fingerprint density at radius 2 is 1.34 bits per heavy atom. The van der Waals surface area contributed by atoms with Gasteiger partial charge < -0.3 is 28.4 Å². The molecule has 1 aliphatic heterocycles. The number of benzene rings is 2. The maximum atomic E-state index is 12.0. The Labute approximate surface area is 203 Å². The molecular formula is C26H28O9. The Bertz CT molecular complexity index is 1160. The predicted octanol–water partition coefficient (Wildman–Crippen LogP) is 3.57. The summed E-state index contributed by atoms with van der Waals surface area (Å²) in [5.41, 5.74) is 2.47. The third-order valence-corrected chi connectivity index (χ3v) is 6.35. The molecule has 186 valence electrons. The van der Waals surface area contributed by atoms with E-state index in [9.17, 15) is 14.4 Å². The van der Waals surface area contributed by atoms with E-state index in [0.717, 1.165) is 16.7 Å². The van der Waals surface area contributed by atoms with Crippen molar-refractivity contribution in [3.8, 4) is 23.0 Å². The first-order valence-corrected chi connectivity index (χ1v) is 11.2. The number of carbonyl (C=O) groups is 3. The van der Waals surface area contributed by atoms with Crippen LogP contribution in [0.4, 0.5) is 0 Å². The van der Waals surface area contributed by atoms with Gasteiger partial charge in [0.2, 0.25) is 0 Å². The van der Waals surface area contributed by atoms with Gasteiger partial charge in [0, 0.05) is 44.1 Å². The van der Waals surface area contributed by atoms with E-state index in [1.165, 1.54) is 35.0 Å². The van der Waals surface area contributed by atoms with E-state index in [1.807, 2.05) is 12.1 Å². The highest BCUT2D eigenvalue weighted by Gasteiger charge is 2.48. The van der Waals surface area contributed by atoms with Gasteiger partial charge in [-0.2, -0.15) is 0 Å². The fourth-order valence-corrected chi connectivity index (χ4v) is 5.08. The zero-order chi connectivity index (χ0) is 25.3. The molecule has 0 saturated carbocycles. The van der Waals surface area contributed by atoms with Crippen molar-refractivity contribution in [1.29, 1.82) is 0 Å². The topological polar surface area (TPSA) is 107 Å². The summed E-state index contributed by atoms with van der Waals surface area (Å²) < 4.78 is 33.3. The molecule has 9 nitrogen and oxygen atoms in total. The number of carbonyl (C=O) groups excluding carboxylic acids is 3. The third-order valence-electron chi connectivity index (χ3n) is 6.35. The molecule has 1 fully saturated rings. The summed E-state index contributed by atoms with van der Waals surface area (Å²) in [6, 6.07) is 8.90. The molecule has 0 spiro atoms. The summed E-state index contributed by atoms with van der Waals surface area (Å²) in [4.78, 5) is 35.3. The number of ether oxygens (including phenoxy) is 6. The minimum absolute atomic E-state index is 0.0327. The lowest BCUT2D eigenvalue weighted by molar-refractivity contribution is -0.151. The van der Waals surface area contributed by atoms with E-state index in [1.54, 1.807) is 18.2 Å². The second-order valence-electron chi connectivity index (χ2n) is 8.60. The van der Waals surface area contributed by atoms with Crippen LogP contribution in [0.25, 0.3) is 0 Å². The molecule has 1 aliphatic carbocycles. The van der Waals surface area contributed by atoms with Crippen molar-refractivity contribution >= 4 is 17.9 Å². The van der Waals surface area contributed by atoms with Gasteiger partial charge in [0.1, 0.15) is 6.10 Å². The van der Waals surface area contributed by atoms with Crippen molar-refractivity contribution in [1.82, 2.24) is 0 Å². The molecule has 0 aromatic heterocycles. The van der Waals surface area contributed by atoms with Gasteiger partial charge >= 0.3 is 17.9 Å². The molecule has 9 heteroatoms. The molecule has 2 aliphatic rings. The van der Waals surface area contributed by atoms with Crippen LogP contribution in [0.1, 0.15) is 49.5 Å². The monoisotopic (exact) mass is 484 g/mol. The van der Waals surface area contributed by atoms with Crippen LogP contribution in [0, 0.1) is 11.8 Å².